The molecule has 0 unspecified atom stereocenters. The average molecular weight is 353 g/mol. The smallest absolute Gasteiger partial charge is 0.293 e. The Bertz CT molecular complexity index is 898. The lowest BCUT2D eigenvalue weighted by Crippen LogP contribution is -2.32. The van der Waals surface area contributed by atoms with Gasteiger partial charge in [0.15, 0.2) is 4.96 Å². The Morgan fingerprint density at radius 3 is 2.92 bits per heavy atom. The Balaban J connectivity index is 1.56. The molecule has 24 heavy (non-hydrogen) atoms. The van der Waals surface area contributed by atoms with Crippen molar-refractivity contribution in [1.82, 2.24) is 24.3 Å². The number of nitrogens with zero attached hydrogens (tertiary/aromatic N) is 5. The molecule has 126 valence electrons. The van der Waals surface area contributed by atoms with E-state index in [1.165, 1.54) is 6.20 Å². The average Bonchev–Trinajstić information content (AvgIpc) is 3.08. The fourth-order valence-electron chi connectivity index (χ4n) is 2.99. The summed E-state index contributed by atoms with van der Waals surface area (Å²) in [5, 5.41) is 1.99. The molecule has 5 nitrogen and oxygen atoms in total. The molecule has 0 N–H and O–H groups in total. The standard InChI is InChI=1S/C15H14F3N5S/c1-9-12(23-4-5-24-14(23)20-9)8-22-3-2-11-10(7-22)6-19-13(21-11)15(16,17)18/h4-6H,2-3,7-8H2,1H3. The summed E-state index contributed by atoms with van der Waals surface area (Å²) < 4.78 is 40.2. The molecule has 1 aliphatic rings. The van der Waals surface area contributed by atoms with E-state index in [4.69, 9.17) is 0 Å². The SMILES string of the molecule is Cc1nc2sccn2c1CN1CCc2nc(C(F)(F)F)ncc2C1. The van der Waals surface area contributed by atoms with Gasteiger partial charge in [-0.2, -0.15) is 13.2 Å². The summed E-state index contributed by atoms with van der Waals surface area (Å²) in [6.07, 6.45) is -0.705. The fraction of sp³-hybridized carbons (Fsp3) is 0.400. The van der Waals surface area contributed by atoms with Crippen LogP contribution in [0.3, 0.4) is 0 Å². The number of rotatable bonds is 2. The van der Waals surface area contributed by atoms with Gasteiger partial charge in [0, 0.05) is 49.4 Å². The normalized spacial score (nSPS) is 15.8. The van der Waals surface area contributed by atoms with Gasteiger partial charge in [0.2, 0.25) is 5.82 Å². The number of aryl methyl sites for hydroxylation is 1. The molecule has 4 rings (SSSR count). The summed E-state index contributed by atoms with van der Waals surface area (Å²) in [7, 11) is 0. The number of imidazole rings is 1. The Morgan fingerprint density at radius 1 is 1.29 bits per heavy atom. The zero-order valence-electron chi connectivity index (χ0n) is 12.8. The molecule has 0 saturated heterocycles. The molecule has 9 heteroatoms. The highest BCUT2D eigenvalue weighted by atomic mass is 32.1. The fourth-order valence-corrected chi connectivity index (χ4v) is 3.77. The van der Waals surface area contributed by atoms with Crippen molar-refractivity contribution >= 4 is 16.3 Å². The van der Waals surface area contributed by atoms with Gasteiger partial charge >= 0.3 is 6.18 Å². The topological polar surface area (TPSA) is 46.3 Å². The van der Waals surface area contributed by atoms with Crippen molar-refractivity contribution < 1.29 is 13.2 Å². The van der Waals surface area contributed by atoms with Crippen LogP contribution in [0.4, 0.5) is 13.2 Å². The van der Waals surface area contributed by atoms with Gasteiger partial charge in [-0.3, -0.25) is 9.30 Å². The summed E-state index contributed by atoms with van der Waals surface area (Å²) in [6.45, 7) is 3.89. The van der Waals surface area contributed by atoms with E-state index >= 15 is 0 Å². The maximum atomic E-state index is 12.7. The first-order valence-corrected chi connectivity index (χ1v) is 8.35. The van der Waals surface area contributed by atoms with Gasteiger partial charge in [0.25, 0.3) is 0 Å². The maximum absolute atomic E-state index is 12.7. The summed E-state index contributed by atoms with van der Waals surface area (Å²) in [5.41, 5.74) is 3.36. The Kier molecular flexibility index (Phi) is 3.57. The monoisotopic (exact) mass is 353 g/mol. The summed E-state index contributed by atoms with van der Waals surface area (Å²) in [5.74, 6) is -1.05. The van der Waals surface area contributed by atoms with E-state index in [2.05, 4.69) is 24.3 Å². The van der Waals surface area contributed by atoms with Crippen LogP contribution in [0.25, 0.3) is 4.96 Å². The molecule has 0 radical (unpaired) electrons. The van der Waals surface area contributed by atoms with Crippen molar-refractivity contribution in [2.75, 3.05) is 6.54 Å². The first-order chi connectivity index (χ1) is 11.4. The van der Waals surface area contributed by atoms with Crippen molar-refractivity contribution in [3.63, 3.8) is 0 Å². The van der Waals surface area contributed by atoms with E-state index < -0.39 is 12.0 Å². The summed E-state index contributed by atoms with van der Waals surface area (Å²) in [6, 6.07) is 0. The van der Waals surface area contributed by atoms with E-state index in [0.29, 0.717) is 31.7 Å². The van der Waals surface area contributed by atoms with Crippen LogP contribution in [0, 0.1) is 6.92 Å². The third kappa shape index (κ3) is 2.67. The van der Waals surface area contributed by atoms with Gasteiger partial charge in [-0.25, -0.2) is 15.0 Å². The lowest BCUT2D eigenvalue weighted by Gasteiger charge is -2.28. The minimum absolute atomic E-state index is 0.492. The lowest BCUT2D eigenvalue weighted by atomic mass is 10.1. The van der Waals surface area contributed by atoms with Gasteiger partial charge in [0.1, 0.15) is 0 Å². The Hall–Kier alpha value is -2.00. The van der Waals surface area contributed by atoms with Gasteiger partial charge in [-0.1, -0.05) is 0 Å². The molecule has 0 aliphatic carbocycles. The largest absolute Gasteiger partial charge is 0.451 e. The molecule has 3 aromatic heterocycles. The molecule has 0 spiro atoms. The molecular weight excluding hydrogens is 339 g/mol. The van der Waals surface area contributed by atoms with Crippen molar-refractivity contribution in [2.45, 2.75) is 32.6 Å². The molecule has 0 atom stereocenters. The van der Waals surface area contributed by atoms with Gasteiger partial charge < -0.3 is 0 Å². The van der Waals surface area contributed by atoms with E-state index in [1.54, 1.807) is 11.3 Å². The minimum Gasteiger partial charge on any atom is -0.293 e. The molecule has 0 saturated carbocycles. The number of halogens is 3. The molecule has 4 heterocycles. The van der Waals surface area contributed by atoms with Crippen molar-refractivity contribution in [1.29, 1.82) is 0 Å². The quantitative estimate of drug-likeness (QED) is 0.710. The van der Waals surface area contributed by atoms with Crippen LogP contribution in [0.5, 0.6) is 0 Å². The second-order valence-corrected chi connectivity index (χ2v) is 6.70. The number of hydrogen-bond acceptors (Lipinski definition) is 5. The first-order valence-electron chi connectivity index (χ1n) is 7.47. The molecule has 0 fully saturated rings. The molecular formula is C15H14F3N5S. The first kappa shape index (κ1) is 15.5. The molecule has 3 aromatic rings. The summed E-state index contributed by atoms with van der Waals surface area (Å²) >= 11 is 1.58. The Labute approximate surface area is 139 Å². The predicted octanol–water partition coefficient (Wildman–Crippen LogP) is 3.07. The Morgan fingerprint density at radius 2 is 2.12 bits per heavy atom. The van der Waals surface area contributed by atoms with Crippen molar-refractivity contribution in [3.8, 4) is 0 Å². The molecule has 0 bridgehead atoms. The highest BCUT2D eigenvalue weighted by Crippen LogP contribution is 2.28. The zero-order valence-corrected chi connectivity index (χ0v) is 13.7. The predicted molar refractivity (Wildman–Crippen MR) is 82.7 cm³/mol. The molecule has 0 aromatic carbocycles. The van der Waals surface area contributed by atoms with E-state index in [-0.39, 0.29) is 0 Å². The van der Waals surface area contributed by atoms with Gasteiger partial charge in [-0.05, 0) is 6.92 Å². The summed E-state index contributed by atoms with van der Waals surface area (Å²) in [4.78, 5) is 14.8. The van der Waals surface area contributed by atoms with Crippen LogP contribution < -0.4 is 0 Å². The van der Waals surface area contributed by atoms with E-state index in [9.17, 15) is 13.2 Å². The third-order valence-corrected chi connectivity index (χ3v) is 4.96. The van der Waals surface area contributed by atoms with Crippen molar-refractivity contribution in [3.05, 3.63) is 46.2 Å². The highest BCUT2D eigenvalue weighted by molar-refractivity contribution is 7.15. The number of alkyl halides is 3. The minimum atomic E-state index is -4.49. The van der Waals surface area contributed by atoms with E-state index in [1.807, 2.05) is 18.5 Å². The van der Waals surface area contributed by atoms with E-state index in [0.717, 1.165) is 21.9 Å². The number of thiazole rings is 1. The van der Waals surface area contributed by atoms with Crippen LogP contribution >= 0.6 is 11.3 Å². The van der Waals surface area contributed by atoms with Crippen LogP contribution in [0.1, 0.15) is 28.5 Å². The molecule has 1 aliphatic heterocycles. The molecule has 0 amide bonds. The van der Waals surface area contributed by atoms with Crippen LogP contribution in [-0.2, 0) is 25.7 Å². The van der Waals surface area contributed by atoms with Gasteiger partial charge in [0.05, 0.1) is 17.1 Å². The number of hydrogen-bond donors (Lipinski definition) is 0. The lowest BCUT2D eigenvalue weighted by molar-refractivity contribution is -0.145. The van der Waals surface area contributed by atoms with Crippen LogP contribution in [-0.4, -0.2) is 30.8 Å². The highest BCUT2D eigenvalue weighted by Gasteiger charge is 2.35. The van der Waals surface area contributed by atoms with Gasteiger partial charge in [-0.15, -0.1) is 11.3 Å². The zero-order chi connectivity index (χ0) is 16.9. The second-order valence-electron chi connectivity index (χ2n) is 5.82. The van der Waals surface area contributed by atoms with Crippen molar-refractivity contribution in [2.24, 2.45) is 0 Å². The third-order valence-electron chi connectivity index (χ3n) is 4.20. The second kappa shape index (κ2) is 5.52. The van der Waals surface area contributed by atoms with Crippen LogP contribution in [0.15, 0.2) is 17.8 Å². The number of aromatic nitrogens is 4. The maximum Gasteiger partial charge on any atom is 0.451 e. The number of fused-ring (bicyclic) bond motifs is 2. The van der Waals surface area contributed by atoms with Crippen LogP contribution in [0.2, 0.25) is 0 Å².